The molecule has 3 rings (SSSR count). The van der Waals surface area contributed by atoms with E-state index in [1.165, 1.54) is 0 Å². The molecule has 0 spiro atoms. The summed E-state index contributed by atoms with van der Waals surface area (Å²) >= 11 is 0. The Morgan fingerprint density at radius 2 is 1.45 bits per heavy atom. The number of hydrogen-bond donors (Lipinski definition) is 1. The molecule has 0 saturated heterocycles. The zero-order valence-electron chi connectivity index (χ0n) is 16.4. The number of nitrogens with one attached hydrogen (secondary N) is 1. The first-order valence-electron chi connectivity index (χ1n) is 8.81. The summed E-state index contributed by atoms with van der Waals surface area (Å²) in [4.78, 5) is 16.3. The van der Waals surface area contributed by atoms with Crippen LogP contribution in [0.3, 0.4) is 0 Å². The summed E-state index contributed by atoms with van der Waals surface area (Å²) in [6.07, 6.45) is 3.11. The second-order valence-corrected chi connectivity index (χ2v) is 5.94. The number of hydrogen-bond acceptors (Lipinski definition) is 6. The van der Waals surface area contributed by atoms with Crippen molar-refractivity contribution in [3.63, 3.8) is 0 Å². The third-order valence-electron chi connectivity index (χ3n) is 4.23. The number of pyridine rings is 1. The zero-order valence-corrected chi connectivity index (χ0v) is 16.4. The van der Waals surface area contributed by atoms with E-state index in [-0.39, 0.29) is 5.91 Å². The number of benzene rings is 2. The van der Waals surface area contributed by atoms with Crippen molar-refractivity contribution < 1.29 is 19.0 Å². The first kappa shape index (κ1) is 19.9. The monoisotopic (exact) mass is 391 g/mol. The minimum atomic E-state index is -0.334. The minimum Gasteiger partial charge on any atom is -0.497 e. The number of ether oxygens (including phenoxy) is 3. The molecular weight excluding hydrogens is 370 g/mol. The van der Waals surface area contributed by atoms with Gasteiger partial charge in [-0.3, -0.25) is 9.78 Å². The van der Waals surface area contributed by atoms with E-state index >= 15 is 0 Å². The molecule has 3 aromatic rings. The smallest absolute Gasteiger partial charge is 0.271 e. The minimum absolute atomic E-state index is 0.334. The molecule has 1 N–H and O–H groups in total. The summed E-state index contributed by atoms with van der Waals surface area (Å²) in [5.74, 6) is 1.55. The number of hydrazone groups is 1. The lowest BCUT2D eigenvalue weighted by molar-refractivity contribution is 0.0955. The van der Waals surface area contributed by atoms with Crippen molar-refractivity contribution in [2.75, 3.05) is 21.3 Å². The van der Waals surface area contributed by atoms with Crippen LogP contribution in [0.4, 0.5) is 0 Å². The van der Waals surface area contributed by atoms with Crippen molar-refractivity contribution >= 4 is 11.6 Å². The Morgan fingerprint density at radius 1 is 0.793 bits per heavy atom. The molecule has 0 aliphatic carbocycles. The Morgan fingerprint density at radius 3 is 2.07 bits per heavy atom. The molecule has 0 unspecified atom stereocenters. The fourth-order valence-corrected chi connectivity index (χ4v) is 2.70. The van der Waals surface area contributed by atoms with Crippen molar-refractivity contribution in [2.45, 2.75) is 0 Å². The predicted molar refractivity (Wildman–Crippen MR) is 110 cm³/mol. The molecule has 29 heavy (non-hydrogen) atoms. The highest BCUT2D eigenvalue weighted by Crippen LogP contribution is 2.29. The van der Waals surface area contributed by atoms with Gasteiger partial charge in [-0.1, -0.05) is 0 Å². The number of carbonyl (C=O) groups is 1. The largest absolute Gasteiger partial charge is 0.497 e. The third kappa shape index (κ3) is 4.70. The van der Waals surface area contributed by atoms with E-state index in [1.54, 1.807) is 58.0 Å². The maximum absolute atomic E-state index is 12.4. The summed E-state index contributed by atoms with van der Waals surface area (Å²) < 4.78 is 15.9. The number of methoxy groups -OCH3 is 3. The Labute approximate surface area is 169 Å². The fraction of sp³-hybridized carbons (Fsp3) is 0.136. The number of carbonyl (C=O) groups excluding carboxylic acids is 1. The second kappa shape index (κ2) is 9.36. The van der Waals surface area contributed by atoms with E-state index < -0.39 is 0 Å². The van der Waals surface area contributed by atoms with Crippen LogP contribution in [0.15, 0.2) is 72.1 Å². The van der Waals surface area contributed by atoms with Crippen LogP contribution < -0.4 is 19.6 Å². The van der Waals surface area contributed by atoms with Crippen molar-refractivity contribution in [1.82, 2.24) is 10.4 Å². The average molecular weight is 391 g/mol. The molecule has 0 aliphatic rings. The molecule has 0 saturated carbocycles. The van der Waals surface area contributed by atoms with E-state index in [0.29, 0.717) is 22.8 Å². The van der Waals surface area contributed by atoms with E-state index in [2.05, 4.69) is 15.5 Å². The number of nitrogens with zero attached hydrogens (tertiary/aromatic N) is 2. The molecule has 1 aromatic heterocycles. The van der Waals surface area contributed by atoms with Crippen LogP contribution in [-0.2, 0) is 0 Å². The van der Waals surface area contributed by atoms with E-state index in [9.17, 15) is 4.79 Å². The molecule has 0 bridgehead atoms. The molecule has 1 amide bonds. The van der Waals surface area contributed by atoms with E-state index in [1.807, 2.05) is 30.3 Å². The van der Waals surface area contributed by atoms with Gasteiger partial charge in [0, 0.05) is 29.1 Å². The molecule has 2 aromatic carbocycles. The lowest BCUT2D eigenvalue weighted by Gasteiger charge is -2.12. The van der Waals surface area contributed by atoms with Crippen LogP contribution >= 0.6 is 0 Å². The summed E-state index contributed by atoms with van der Waals surface area (Å²) in [6.45, 7) is 0. The van der Waals surface area contributed by atoms with Gasteiger partial charge in [0.25, 0.3) is 5.91 Å². The van der Waals surface area contributed by atoms with E-state index in [4.69, 9.17) is 14.2 Å². The first-order chi connectivity index (χ1) is 14.2. The van der Waals surface area contributed by atoms with Gasteiger partial charge in [0.2, 0.25) is 0 Å². The van der Waals surface area contributed by atoms with Gasteiger partial charge in [-0.15, -0.1) is 0 Å². The molecule has 0 atom stereocenters. The normalized spacial score (nSPS) is 10.9. The predicted octanol–water partition coefficient (Wildman–Crippen LogP) is 3.29. The molecule has 0 radical (unpaired) electrons. The van der Waals surface area contributed by atoms with Crippen LogP contribution in [0.5, 0.6) is 17.2 Å². The number of amides is 1. The summed E-state index contributed by atoms with van der Waals surface area (Å²) in [6, 6.07) is 16.1. The van der Waals surface area contributed by atoms with Gasteiger partial charge in [-0.05, 0) is 54.6 Å². The van der Waals surface area contributed by atoms with Crippen LogP contribution in [-0.4, -0.2) is 37.9 Å². The molecule has 7 heteroatoms. The topological polar surface area (TPSA) is 82.0 Å². The fourth-order valence-electron chi connectivity index (χ4n) is 2.70. The Balaban J connectivity index is 2.00. The van der Waals surface area contributed by atoms with E-state index in [0.717, 1.165) is 16.9 Å². The van der Waals surface area contributed by atoms with Gasteiger partial charge < -0.3 is 14.2 Å². The van der Waals surface area contributed by atoms with Gasteiger partial charge in [-0.25, -0.2) is 5.43 Å². The zero-order chi connectivity index (χ0) is 20.6. The Kier molecular flexibility index (Phi) is 6.42. The molecule has 0 aliphatic heterocycles. The van der Waals surface area contributed by atoms with Crippen molar-refractivity contribution in [3.05, 3.63) is 83.7 Å². The number of aromatic nitrogens is 1. The summed E-state index contributed by atoms with van der Waals surface area (Å²) in [5, 5.41) is 4.39. The molecule has 7 nitrogen and oxygen atoms in total. The van der Waals surface area contributed by atoms with Gasteiger partial charge in [0.1, 0.15) is 5.75 Å². The number of rotatable bonds is 7. The second-order valence-electron chi connectivity index (χ2n) is 5.94. The summed E-state index contributed by atoms with van der Waals surface area (Å²) in [7, 11) is 4.75. The standard InChI is InChI=1S/C22H21N3O4/c1-27-18-7-4-15(5-8-18)21(17-6-9-19(28-2)20(14-17)29-3)24-25-22(26)16-10-12-23-13-11-16/h4-14H,1-3H3,(H,25,26)/b24-21-. The highest BCUT2D eigenvalue weighted by molar-refractivity contribution is 6.13. The maximum atomic E-state index is 12.4. The van der Waals surface area contributed by atoms with Crippen molar-refractivity contribution in [2.24, 2.45) is 5.10 Å². The Hall–Kier alpha value is -3.87. The lowest BCUT2D eigenvalue weighted by atomic mass is 10.0. The highest BCUT2D eigenvalue weighted by Gasteiger charge is 2.13. The van der Waals surface area contributed by atoms with Crippen LogP contribution in [0.1, 0.15) is 21.5 Å². The van der Waals surface area contributed by atoms with Crippen molar-refractivity contribution in [3.8, 4) is 17.2 Å². The van der Waals surface area contributed by atoms with Gasteiger partial charge in [-0.2, -0.15) is 5.10 Å². The van der Waals surface area contributed by atoms with Crippen LogP contribution in [0.2, 0.25) is 0 Å². The van der Waals surface area contributed by atoms with Gasteiger partial charge in [0.15, 0.2) is 11.5 Å². The van der Waals surface area contributed by atoms with Crippen LogP contribution in [0.25, 0.3) is 0 Å². The lowest BCUT2D eigenvalue weighted by Crippen LogP contribution is -2.20. The first-order valence-corrected chi connectivity index (χ1v) is 8.81. The molecule has 1 heterocycles. The summed E-state index contributed by atoms with van der Waals surface area (Å²) in [5.41, 5.74) is 5.19. The third-order valence-corrected chi connectivity index (χ3v) is 4.23. The van der Waals surface area contributed by atoms with Gasteiger partial charge >= 0.3 is 0 Å². The molecule has 0 fully saturated rings. The van der Waals surface area contributed by atoms with Gasteiger partial charge in [0.05, 0.1) is 27.0 Å². The van der Waals surface area contributed by atoms with Crippen LogP contribution in [0, 0.1) is 0 Å². The quantitative estimate of drug-likeness (QED) is 0.494. The molecule has 148 valence electrons. The maximum Gasteiger partial charge on any atom is 0.271 e. The molecular formula is C22H21N3O4. The van der Waals surface area contributed by atoms with Crippen molar-refractivity contribution in [1.29, 1.82) is 0 Å². The average Bonchev–Trinajstić information content (AvgIpc) is 2.79. The SMILES string of the molecule is COc1ccc(/C(=N/NC(=O)c2ccncc2)c2ccc(OC)c(OC)c2)cc1. The Bertz CT molecular complexity index is 1000. The highest BCUT2D eigenvalue weighted by atomic mass is 16.5.